The topological polar surface area (TPSA) is 54.2 Å². The minimum atomic E-state index is 0. The molecule has 1 aromatic heterocycles. The first-order valence-corrected chi connectivity index (χ1v) is 9.87. The molecule has 0 fully saturated rings. The fraction of sp³-hybridized carbons (Fsp3) is 0.304. The summed E-state index contributed by atoms with van der Waals surface area (Å²) in [5.74, 6) is 2.18. The molecule has 0 aliphatic carbocycles. The summed E-state index contributed by atoms with van der Waals surface area (Å²) >= 11 is 0. The highest BCUT2D eigenvalue weighted by molar-refractivity contribution is 14.0. The van der Waals surface area contributed by atoms with Gasteiger partial charge < -0.3 is 15.2 Å². The summed E-state index contributed by atoms with van der Waals surface area (Å²) in [6.07, 6.45) is 3.85. The summed E-state index contributed by atoms with van der Waals surface area (Å²) in [5, 5.41) is 6.78. The molecular formula is C23H30IN5. The van der Waals surface area contributed by atoms with Crippen molar-refractivity contribution in [2.24, 2.45) is 4.99 Å². The van der Waals surface area contributed by atoms with Gasteiger partial charge in [0.15, 0.2) is 5.96 Å². The number of nitrogens with zero attached hydrogens (tertiary/aromatic N) is 3. The molecule has 1 heterocycles. The lowest BCUT2D eigenvalue weighted by molar-refractivity contribution is 0.690. The fourth-order valence-electron chi connectivity index (χ4n) is 3.06. The molecule has 0 saturated heterocycles. The van der Waals surface area contributed by atoms with Gasteiger partial charge in [0.1, 0.15) is 12.4 Å². The third-order valence-electron chi connectivity index (χ3n) is 4.66. The number of guanidine groups is 1. The first-order valence-electron chi connectivity index (χ1n) is 9.87. The van der Waals surface area contributed by atoms with Gasteiger partial charge in [0.2, 0.25) is 0 Å². The van der Waals surface area contributed by atoms with E-state index in [1.54, 1.807) is 0 Å². The largest absolute Gasteiger partial charge is 0.357 e. The van der Waals surface area contributed by atoms with Gasteiger partial charge in [-0.05, 0) is 24.0 Å². The highest BCUT2D eigenvalue weighted by atomic mass is 127. The fourth-order valence-corrected chi connectivity index (χ4v) is 3.06. The minimum absolute atomic E-state index is 0. The van der Waals surface area contributed by atoms with Crippen LogP contribution in [-0.4, -0.2) is 28.6 Å². The summed E-state index contributed by atoms with van der Waals surface area (Å²) in [6.45, 7) is 7.29. The average Bonchev–Trinajstić information content (AvgIpc) is 3.18. The first-order chi connectivity index (χ1) is 13.8. The summed E-state index contributed by atoms with van der Waals surface area (Å²) in [7, 11) is 0. The van der Waals surface area contributed by atoms with Crippen LogP contribution in [0.15, 0.2) is 78.0 Å². The Kier molecular flexibility index (Phi) is 9.70. The zero-order valence-electron chi connectivity index (χ0n) is 17.1. The lowest BCUT2D eigenvalue weighted by Gasteiger charge is -2.16. The van der Waals surface area contributed by atoms with Crippen molar-refractivity contribution in [3.63, 3.8) is 0 Å². The van der Waals surface area contributed by atoms with Gasteiger partial charge >= 0.3 is 0 Å². The predicted octanol–water partition coefficient (Wildman–Crippen LogP) is 4.41. The van der Waals surface area contributed by atoms with Gasteiger partial charge in [-0.3, -0.25) is 0 Å². The van der Waals surface area contributed by atoms with Crippen LogP contribution in [0.25, 0.3) is 0 Å². The maximum Gasteiger partial charge on any atom is 0.191 e. The molecule has 5 nitrogen and oxygen atoms in total. The molecule has 29 heavy (non-hydrogen) atoms. The molecule has 0 radical (unpaired) electrons. The van der Waals surface area contributed by atoms with E-state index in [-0.39, 0.29) is 24.0 Å². The minimum Gasteiger partial charge on any atom is -0.357 e. The molecule has 3 aromatic rings. The number of rotatable bonds is 8. The quantitative estimate of drug-likeness (QED) is 0.272. The van der Waals surface area contributed by atoms with Crippen LogP contribution < -0.4 is 10.6 Å². The number of halogens is 1. The van der Waals surface area contributed by atoms with Crippen LogP contribution >= 0.6 is 24.0 Å². The third-order valence-corrected chi connectivity index (χ3v) is 4.66. The summed E-state index contributed by atoms with van der Waals surface area (Å²) in [4.78, 5) is 9.22. The molecule has 0 amide bonds. The van der Waals surface area contributed by atoms with Crippen molar-refractivity contribution < 1.29 is 0 Å². The number of nitrogens with one attached hydrogen (secondary N) is 2. The Morgan fingerprint density at radius 1 is 1.03 bits per heavy atom. The van der Waals surface area contributed by atoms with Crippen molar-refractivity contribution in [3.05, 3.63) is 90.0 Å². The molecule has 2 aromatic carbocycles. The molecule has 6 heteroatoms. The Balaban J connectivity index is 0.00000300. The van der Waals surface area contributed by atoms with E-state index >= 15 is 0 Å². The molecule has 2 N–H and O–H groups in total. The van der Waals surface area contributed by atoms with Crippen molar-refractivity contribution in [2.75, 3.05) is 13.1 Å². The Hall–Kier alpha value is -2.35. The SMILES string of the molecule is CCNC(=NCc1nccn1Cc1ccccc1)NCC(C)c1ccccc1.I. The van der Waals surface area contributed by atoms with Gasteiger partial charge in [0.05, 0.1) is 0 Å². The number of hydrogen-bond acceptors (Lipinski definition) is 2. The molecule has 3 rings (SSSR count). The molecule has 0 aliphatic heterocycles. The molecule has 154 valence electrons. The normalized spacial score (nSPS) is 12.1. The van der Waals surface area contributed by atoms with E-state index in [4.69, 9.17) is 4.99 Å². The standard InChI is InChI=1S/C23H29N5.HI/c1-3-24-23(26-16-19(2)21-12-8-5-9-13-21)27-17-22-25-14-15-28(22)18-20-10-6-4-7-11-20;/h4-15,19H,3,16-18H2,1-2H3,(H2,24,26,27);1H. The van der Waals surface area contributed by atoms with Crippen LogP contribution in [0.4, 0.5) is 0 Å². The summed E-state index contributed by atoms with van der Waals surface area (Å²) in [5.41, 5.74) is 2.58. The van der Waals surface area contributed by atoms with Crippen molar-refractivity contribution in [1.29, 1.82) is 0 Å². The Morgan fingerprint density at radius 2 is 1.72 bits per heavy atom. The van der Waals surface area contributed by atoms with Gasteiger partial charge in [0.25, 0.3) is 0 Å². The van der Waals surface area contributed by atoms with E-state index in [0.29, 0.717) is 12.5 Å². The van der Waals surface area contributed by atoms with Gasteiger partial charge in [-0.2, -0.15) is 0 Å². The highest BCUT2D eigenvalue weighted by Crippen LogP contribution is 2.13. The number of imidazole rings is 1. The zero-order valence-corrected chi connectivity index (χ0v) is 19.4. The van der Waals surface area contributed by atoms with Crippen molar-refractivity contribution in [1.82, 2.24) is 20.2 Å². The van der Waals surface area contributed by atoms with Crippen molar-refractivity contribution in [2.45, 2.75) is 32.9 Å². The Labute approximate surface area is 190 Å². The van der Waals surface area contributed by atoms with E-state index in [0.717, 1.165) is 31.4 Å². The molecule has 1 atom stereocenters. The van der Waals surface area contributed by atoms with Crippen molar-refractivity contribution in [3.8, 4) is 0 Å². The van der Waals surface area contributed by atoms with Gasteiger partial charge in [0, 0.05) is 32.0 Å². The maximum absolute atomic E-state index is 4.73. The average molecular weight is 503 g/mol. The smallest absolute Gasteiger partial charge is 0.191 e. The predicted molar refractivity (Wildman–Crippen MR) is 131 cm³/mol. The molecule has 0 bridgehead atoms. The van der Waals surface area contributed by atoms with E-state index < -0.39 is 0 Å². The monoisotopic (exact) mass is 503 g/mol. The van der Waals surface area contributed by atoms with Crippen LogP contribution in [0.3, 0.4) is 0 Å². The van der Waals surface area contributed by atoms with E-state index in [1.165, 1.54) is 11.1 Å². The van der Waals surface area contributed by atoms with E-state index in [1.807, 2.05) is 24.5 Å². The highest BCUT2D eigenvalue weighted by Gasteiger charge is 2.07. The number of aliphatic imine (C=N–C) groups is 1. The van der Waals surface area contributed by atoms with Gasteiger partial charge in [-0.25, -0.2) is 9.98 Å². The van der Waals surface area contributed by atoms with Gasteiger partial charge in [-0.15, -0.1) is 24.0 Å². The molecule has 0 saturated carbocycles. The first kappa shape index (κ1) is 22.9. The molecule has 0 aliphatic rings. The van der Waals surface area contributed by atoms with Gasteiger partial charge in [-0.1, -0.05) is 67.6 Å². The van der Waals surface area contributed by atoms with Crippen LogP contribution in [0, 0.1) is 0 Å². The van der Waals surface area contributed by atoms with Crippen LogP contribution in [-0.2, 0) is 13.1 Å². The summed E-state index contributed by atoms with van der Waals surface area (Å²) in [6, 6.07) is 21.0. The van der Waals surface area contributed by atoms with E-state index in [9.17, 15) is 0 Å². The Bertz CT molecular complexity index is 861. The second-order valence-electron chi connectivity index (χ2n) is 6.84. The van der Waals surface area contributed by atoms with Crippen molar-refractivity contribution >= 4 is 29.9 Å². The number of hydrogen-bond donors (Lipinski definition) is 2. The number of aromatic nitrogens is 2. The third kappa shape index (κ3) is 7.20. The summed E-state index contributed by atoms with van der Waals surface area (Å²) < 4.78 is 2.15. The second kappa shape index (κ2) is 12.3. The molecule has 1 unspecified atom stereocenters. The van der Waals surface area contributed by atoms with Crippen LogP contribution in [0.5, 0.6) is 0 Å². The lowest BCUT2D eigenvalue weighted by Crippen LogP contribution is -2.39. The zero-order chi connectivity index (χ0) is 19.6. The van der Waals surface area contributed by atoms with E-state index in [2.05, 4.69) is 82.6 Å². The number of benzene rings is 2. The lowest BCUT2D eigenvalue weighted by atomic mass is 10.0. The molecule has 0 spiro atoms. The van der Waals surface area contributed by atoms with Crippen LogP contribution in [0.2, 0.25) is 0 Å². The maximum atomic E-state index is 4.73. The second-order valence-corrected chi connectivity index (χ2v) is 6.84. The van der Waals surface area contributed by atoms with Crippen LogP contribution in [0.1, 0.15) is 36.7 Å². The Morgan fingerprint density at radius 3 is 2.41 bits per heavy atom. The molecular weight excluding hydrogens is 473 g/mol.